The molecule has 0 aliphatic carbocycles. The third-order valence-electron chi connectivity index (χ3n) is 2.19. The van der Waals surface area contributed by atoms with Crippen molar-refractivity contribution in [2.45, 2.75) is 0 Å². The fourth-order valence-electron chi connectivity index (χ4n) is 1.32. The molecule has 2 nitrogen and oxygen atoms in total. The van der Waals surface area contributed by atoms with Gasteiger partial charge >= 0.3 is 5.97 Å². The maximum Gasteiger partial charge on any atom is 0.343 e. The number of benzene rings is 2. The minimum absolute atomic E-state index is 0.00883. The van der Waals surface area contributed by atoms with Gasteiger partial charge in [0.25, 0.3) is 0 Å². The predicted molar refractivity (Wildman–Crippen MR) is 62.8 cm³/mol. The van der Waals surface area contributed by atoms with Crippen molar-refractivity contribution >= 4 is 17.6 Å². The molecule has 92 valence electrons. The average Bonchev–Trinajstić information content (AvgIpc) is 2.34. The van der Waals surface area contributed by atoms with Gasteiger partial charge in [-0.3, -0.25) is 0 Å². The second-order valence-corrected chi connectivity index (χ2v) is 3.85. The van der Waals surface area contributed by atoms with E-state index in [0.29, 0.717) is 0 Å². The van der Waals surface area contributed by atoms with Crippen molar-refractivity contribution in [1.29, 1.82) is 0 Å². The third-order valence-corrected chi connectivity index (χ3v) is 2.49. The van der Waals surface area contributed by atoms with E-state index in [9.17, 15) is 13.6 Å². The van der Waals surface area contributed by atoms with Crippen molar-refractivity contribution in [1.82, 2.24) is 0 Å². The van der Waals surface area contributed by atoms with Crippen molar-refractivity contribution in [3.05, 3.63) is 64.7 Å². The van der Waals surface area contributed by atoms with Crippen molar-refractivity contribution in [2.75, 3.05) is 0 Å². The molecular formula is C13H7ClF2O2. The van der Waals surface area contributed by atoms with Gasteiger partial charge in [-0.05, 0) is 36.4 Å². The van der Waals surface area contributed by atoms with E-state index >= 15 is 0 Å². The van der Waals surface area contributed by atoms with Crippen LogP contribution in [0.25, 0.3) is 0 Å². The summed E-state index contributed by atoms with van der Waals surface area (Å²) >= 11 is 5.71. The molecule has 0 spiro atoms. The van der Waals surface area contributed by atoms with Crippen LogP contribution in [0.4, 0.5) is 8.78 Å². The summed E-state index contributed by atoms with van der Waals surface area (Å²) in [4.78, 5) is 11.7. The maximum atomic E-state index is 13.4. The lowest BCUT2D eigenvalue weighted by Gasteiger charge is -2.06. The number of halogens is 3. The molecule has 0 N–H and O–H groups in total. The first-order valence-electron chi connectivity index (χ1n) is 4.99. The van der Waals surface area contributed by atoms with E-state index in [2.05, 4.69) is 0 Å². The van der Waals surface area contributed by atoms with Crippen LogP contribution in [0.15, 0.2) is 42.5 Å². The Balaban J connectivity index is 2.24. The summed E-state index contributed by atoms with van der Waals surface area (Å²) in [6.45, 7) is 0. The van der Waals surface area contributed by atoms with Crippen molar-refractivity contribution in [3.63, 3.8) is 0 Å². The second kappa shape index (κ2) is 5.14. The van der Waals surface area contributed by atoms with Gasteiger partial charge in [-0.15, -0.1) is 0 Å². The molecular weight excluding hydrogens is 262 g/mol. The van der Waals surface area contributed by atoms with Crippen molar-refractivity contribution in [3.8, 4) is 5.75 Å². The molecule has 0 aliphatic rings. The molecule has 0 aliphatic heterocycles. The predicted octanol–water partition coefficient (Wildman–Crippen LogP) is 3.84. The fraction of sp³-hybridized carbons (Fsp3) is 0. The van der Waals surface area contributed by atoms with Crippen LogP contribution in [0, 0.1) is 11.6 Å². The first-order valence-corrected chi connectivity index (χ1v) is 5.37. The lowest BCUT2D eigenvalue weighted by molar-refractivity contribution is 0.0728. The van der Waals surface area contributed by atoms with Gasteiger partial charge in [0, 0.05) is 0 Å². The number of ether oxygens (including phenoxy) is 1. The maximum absolute atomic E-state index is 13.4. The number of hydrogen-bond acceptors (Lipinski definition) is 2. The second-order valence-electron chi connectivity index (χ2n) is 3.45. The topological polar surface area (TPSA) is 26.3 Å². The smallest absolute Gasteiger partial charge is 0.343 e. The van der Waals surface area contributed by atoms with Gasteiger partial charge < -0.3 is 4.74 Å². The molecule has 0 heterocycles. The highest BCUT2D eigenvalue weighted by molar-refractivity contribution is 6.32. The Hall–Kier alpha value is -1.94. The van der Waals surface area contributed by atoms with Gasteiger partial charge in [0.2, 0.25) is 0 Å². The Kier molecular flexibility index (Phi) is 3.58. The number of hydrogen-bond donors (Lipinski definition) is 0. The normalized spacial score (nSPS) is 10.2. The standard InChI is InChI=1S/C13H7ClF2O2/c14-10-2-1-3-11(16)12(10)18-13(17)8-4-6-9(15)7-5-8/h1-7H. The number of esters is 1. The SMILES string of the molecule is O=C(Oc1c(F)cccc1Cl)c1ccc(F)cc1. The zero-order valence-corrected chi connectivity index (χ0v) is 9.75. The van der Waals surface area contributed by atoms with Gasteiger partial charge in [-0.2, -0.15) is 0 Å². The van der Waals surface area contributed by atoms with Gasteiger partial charge in [0.1, 0.15) is 5.82 Å². The zero-order chi connectivity index (χ0) is 13.1. The highest BCUT2D eigenvalue weighted by Crippen LogP contribution is 2.27. The van der Waals surface area contributed by atoms with Gasteiger partial charge in [-0.25, -0.2) is 13.6 Å². The van der Waals surface area contributed by atoms with E-state index in [0.717, 1.165) is 18.2 Å². The molecule has 2 rings (SSSR count). The molecule has 2 aromatic carbocycles. The summed E-state index contributed by atoms with van der Waals surface area (Å²) in [5.41, 5.74) is 0.107. The molecule has 0 unspecified atom stereocenters. The van der Waals surface area contributed by atoms with Gasteiger partial charge in [-0.1, -0.05) is 17.7 Å². The molecule has 2 aromatic rings. The quantitative estimate of drug-likeness (QED) is 0.611. The minimum Gasteiger partial charge on any atom is -0.418 e. The van der Waals surface area contributed by atoms with Crippen LogP contribution >= 0.6 is 11.6 Å². The Morgan fingerprint density at radius 1 is 1.06 bits per heavy atom. The van der Waals surface area contributed by atoms with Crippen molar-refractivity contribution in [2.24, 2.45) is 0 Å². The van der Waals surface area contributed by atoms with E-state index in [-0.39, 0.29) is 16.3 Å². The number of carbonyl (C=O) groups is 1. The molecule has 0 bridgehead atoms. The molecule has 0 amide bonds. The van der Waals surface area contributed by atoms with E-state index in [1.54, 1.807) is 0 Å². The van der Waals surface area contributed by atoms with Crippen LogP contribution in [-0.2, 0) is 0 Å². The molecule has 0 aromatic heterocycles. The van der Waals surface area contributed by atoms with Crippen LogP contribution in [-0.4, -0.2) is 5.97 Å². The lowest BCUT2D eigenvalue weighted by atomic mass is 10.2. The van der Waals surface area contributed by atoms with E-state index in [1.807, 2.05) is 0 Å². The average molecular weight is 269 g/mol. The lowest BCUT2D eigenvalue weighted by Crippen LogP contribution is -2.09. The first kappa shape index (κ1) is 12.5. The Morgan fingerprint density at radius 2 is 1.72 bits per heavy atom. The zero-order valence-electron chi connectivity index (χ0n) is 8.99. The number of carbonyl (C=O) groups excluding carboxylic acids is 1. The Bertz CT molecular complexity index is 562. The van der Waals surface area contributed by atoms with Crippen molar-refractivity contribution < 1.29 is 18.3 Å². The highest BCUT2D eigenvalue weighted by Gasteiger charge is 2.14. The fourth-order valence-corrected chi connectivity index (χ4v) is 1.52. The molecule has 0 saturated carbocycles. The van der Waals surface area contributed by atoms with Gasteiger partial charge in [0.05, 0.1) is 10.6 Å². The van der Waals surface area contributed by atoms with Gasteiger partial charge in [0.15, 0.2) is 11.6 Å². The Labute approximate surface area is 107 Å². The molecule has 0 fully saturated rings. The summed E-state index contributed by atoms with van der Waals surface area (Å²) in [5, 5.41) is -0.00883. The van der Waals surface area contributed by atoms with Crippen LogP contribution in [0.1, 0.15) is 10.4 Å². The van der Waals surface area contributed by atoms with E-state index < -0.39 is 17.6 Å². The van der Waals surface area contributed by atoms with E-state index in [1.165, 1.54) is 24.3 Å². The Morgan fingerprint density at radius 3 is 2.33 bits per heavy atom. The van der Waals surface area contributed by atoms with Crippen LogP contribution in [0.3, 0.4) is 0 Å². The van der Waals surface area contributed by atoms with Crippen LogP contribution < -0.4 is 4.74 Å². The molecule has 0 saturated heterocycles. The molecule has 0 atom stereocenters. The molecule has 18 heavy (non-hydrogen) atoms. The van der Waals surface area contributed by atoms with Crippen LogP contribution in [0.2, 0.25) is 5.02 Å². The first-order chi connectivity index (χ1) is 8.58. The minimum atomic E-state index is -0.804. The largest absolute Gasteiger partial charge is 0.418 e. The summed E-state index contributed by atoms with van der Waals surface area (Å²) < 4.78 is 30.9. The highest BCUT2D eigenvalue weighted by atomic mass is 35.5. The molecule has 0 radical (unpaired) electrons. The summed E-state index contributed by atoms with van der Waals surface area (Å²) in [6.07, 6.45) is 0. The van der Waals surface area contributed by atoms with E-state index in [4.69, 9.17) is 16.3 Å². The molecule has 5 heteroatoms. The number of para-hydroxylation sites is 1. The van der Waals surface area contributed by atoms with Crippen LogP contribution in [0.5, 0.6) is 5.75 Å². The summed E-state index contributed by atoms with van der Waals surface area (Å²) in [5.74, 6) is -2.36. The summed E-state index contributed by atoms with van der Waals surface area (Å²) in [7, 11) is 0. The third kappa shape index (κ3) is 2.65. The monoisotopic (exact) mass is 268 g/mol. The number of rotatable bonds is 2. The summed E-state index contributed by atoms with van der Waals surface area (Å²) in [6, 6.07) is 8.63.